The molecule has 0 radical (unpaired) electrons. The molecule has 2 heteroatoms. The maximum Gasteiger partial charge on any atom is 0.0723 e. The monoisotopic (exact) mass is 287 g/mol. The molecule has 0 saturated heterocycles. The van der Waals surface area contributed by atoms with Gasteiger partial charge in [-0.05, 0) is 59.6 Å². The van der Waals surface area contributed by atoms with Gasteiger partial charge in [0.2, 0.25) is 0 Å². The number of ether oxygens (including phenoxy) is 1. The van der Waals surface area contributed by atoms with Gasteiger partial charge in [0, 0.05) is 6.54 Å². The van der Waals surface area contributed by atoms with E-state index < -0.39 is 0 Å². The Bertz CT molecular complexity index is 536. The van der Waals surface area contributed by atoms with Gasteiger partial charge in [-0.25, -0.2) is 0 Å². The molecule has 2 saturated carbocycles. The quantitative estimate of drug-likeness (QED) is 0.901. The molecule has 0 aliphatic heterocycles. The highest BCUT2D eigenvalue weighted by Gasteiger charge is 2.61. The van der Waals surface area contributed by atoms with Crippen molar-refractivity contribution in [3.05, 3.63) is 34.9 Å². The molecule has 1 aromatic rings. The summed E-state index contributed by atoms with van der Waals surface area (Å²) in [4.78, 5) is 0. The zero-order chi connectivity index (χ0) is 15.3. The predicted octanol–water partition coefficient (Wildman–Crippen LogP) is 4.19. The zero-order valence-electron chi connectivity index (χ0n) is 13.9. The summed E-state index contributed by atoms with van der Waals surface area (Å²) in [5.41, 5.74) is 10.3. The normalized spacial score (nSPS) is 33.6. The van der Waals surface area contributed by atoms with Crippen molar-refractivity contribution in [2.45, 2.75) is 66.2 Å². The summed E-state index contributed by atoms with van der Waals surface area (Å²) in [6.45, 7) is 10.8. The SMILES string of the molecule is Cc1cc(CN)ccc1COC1CC2CCC1(C)C2(C)C. The molecule has 2 bridgehead atoms. The first kappa shape index (κ1) is 15.1. The van der Waals surface area contributed by atoms with Crippen molar-refractivity contribution in [3.8, 4) is 0 Å². The Balaban J connectivity index is 1.69. The lowest BCUT2D eigenvalue weighted by molar-refractivity contribution is -0.0551. The average Bonchev–Trinajstić information content (AvgIpc) is 2.78. The number of aryl methyl sites for hydroxylation is 1. The van der Waals surface area contributed by atoms with E-state index in [2.05, 4.69) is 45.9 Å². The van der Waals surface area contributed by atoms with Gasteiger partial charge >= 0.3 is 0 Å². The zero-order valence-corrected chi connectivity index (χ0v) is 13.9. The highest BCUT2D eigenvalue weighted by atomic mass is 16.5. The van der Waals surface area contributed by atoms with E-state index >= 15 is 0 Å². The molecular formula is C19H29NO. The minimum Gasteiger partial charge on any atom is -0.373 e. The van der Waals surface area contributed by atoms with Crippen molar-refractivity contribution in [2.75, 3.05) is 0 Å². The molecule has 1 aromatic carbocycles. The first-order valence-corrected chi connectivity index (χ1v) is 8.28. The second-order valence-corrected chi connectivity index (χ2v) is 7.88. The molecule has 2 fully saturated rings. The van der Waals surface area contributed by atoms with Gasteiger partial charge in [0.15, 0.2) is 0 Å². The third kappa shape index (κ3) is 2.24. The highest BCUT2D eigenvalue weighted by molar-refractivity contribution is 5.30. The second kappa shape index (κ2) is 5.10. The Morgan fingerprint density at radius 3 is 2.57 bits per heavy atom. The van der Waals surface area contributed by atoms with Crippen LogP contribution < -0.4 is 5.73 Å². The average molecular weight is 287 g/mol. The summed E-state index contributed by atoms with van der Waals surface area (Å²) in [5, 5.41) is 0. The first-order chi connectivity index (χ1) is 9.88. The van der Waals surface area contributed by atoms with Crippen molar-refractivity contribution < 1.29 is 4.74 Å². The molecular weight excluding hydrogens is 258 g/mol. The summed E-state index contributed by atoms with van der Waals surface area (Å²) in [6, 6.07) is 6.49. The van der Waals surface area contributed by atoms with E-state index in [1.54, 1.807) is 0 Å². The van der Waals surface area contributed by atoms with Gasteiger partial charge in [-0.2, -0.15) is 0 Å². The lowest BCUT2D eigenvalue weighted by Gasteiger charge is -2.39. The van der Waals surface area contributed by atoms with Crippen LogP contribution in [0.1, 0.15) is 56.7 Å². The van der Waals surface area contributed by atoms with Crippen LogP contribution in [0.3, 0.4) is 0 Å². The molecule has 2 aliphatic carbocycles. The maximum atomic E-state index is 6.38. The Hall–Kier alpha value is -0.860. The largest absolute Gasteiger partial charge is 0.373 e. The van der Waals surface area contributed by atoms with Crippen LogP contribution in [0.25, 0.3) is 0 Å². The van der Waals surface area contributed by atoms with Crippen LogP contribution in [0.4, 0.5) is 0 Å². The van der Waals surface area contributed by atoms with E-state index in [0.29, 0.717) is 23.5 Å². The lowest BCUT2D eigenvalue weighted by atomic mass is 9.70. The standard InChI is InChI=1S/C19H29NO/c1-13-9-14(11-20)5-6-15(13)12-21-17-10-16-7-8-19(17,4)18(16,2)3/h5-6,9,16-17H,7-8,10-12,20H2,1-4H3. The van der Waals surface area contributed by atoms with Crippen LogP contribution in [0.15, 0.2) is 18.2 Å². The first-order valence-electron chi connectivity index (χ1n) is 8.28. The van der Waals surface area contributed by atoms with Crippen LogP contribution in [-0.2, 0) is 17.9 Å². The fourth-order valence-electron chi connectivity index (χ4n) is 4.62. The number of nitrogens with two attached hydrogens (primary N) is 1. The van der Waals surface area contributed by atoms with Gasteiger partial charge in [0.25, 0.3) is 0 Å². The van der Waals surface area contributed by atoms with Gasteiger partial charge in [-0.15, -0.1) is 0 Å². The molecule has 0 heterocycles. The van der Waals surface area contributed by atoms with Crippen molar-refractivity contribution in [1.29, 1.82) is 0 Å². The van der Waals surface area contributed by atoms with E-state index in [1.807, 2.05) is 0 Å². The minimum atomic E-state index is 0.350. The van der Waals surface area contributed by atoms with E-state index in [1.165, 1.54) is 36.0 Å². The van der Waals surface area contributed by atoms with E-state index in [-0.39, 0.29) is 0 Å². The Morgan fingerprint density at radius 1 is 1.29 bits per heavy atom. The van der Waals surface area contributed by atoms with Gasteiger partial charge in [-0.3, -0.25) is 0 Å². The van der Waals surface area contributed by atoms with Crippen molar-refractivity contribution >= 4 is 0 Å². The molecule has 0 amide bonds. The number of hydrogen-bond acceptors (Lipinski definition) is 2. The molecule has 3 atom stereocenters. The summed E-state index contributed by atoms with van der Waals surface area (Å²) < 4.78 is 6.38. The molecule has 2 N–H and O–H groups in total. The molecule has 2 aliphatic rings. The van der Waals surface area contributed by atoms with Crippen LogP contribution in [0.2, 0.25) is 0 Å². The topological polar surface area (TPSA) is 35.2 Å². The second-order valence-electron chi connectivity index (χ2n) is 7.88. The third-order valence-electron chi connectivity index (χ3n) is 6.80. The molecule has 21 heavy (non-hydrogen) atoms. The van der Waals surface area contributed by atoms with Gasteiger partial charge in [-0.1, -0.05) is 39.0 Å². The molecule has 0 spiro atoms. The fraction of sp³-hybridized carbons (Fsp3) is 0.684. The number of hydrogen-bond donors (Lipinski definition) is 1. The van der Waals surface area contributed by atoms with Crippen LogP contribution in [-0.4, -0.2) is 6.10 Å². The number of rotatable bonds is 4. The van der Waals surface area contributed by atoms with Crippen molar-refractivity contribution in [3.63, 3.8) is 0 Å². The van der Waals surface area contributed by atoms with Gasteiger partial charge in [0.1, 0.15) is 0 Å². The Labute approximate surface area is 129 Å². The summed E-state index contributed by atoms with van der Waals surface area (Å²) in [6.07, 6.45) is 4.36. The van der Waals surface area contributed by atoms with Gasteiger partial charge in [0.05, 0.1) is 12.7 Å². The third-order valence-corrected chi connectivity index (χ3v) is 6.80. The smallest absolute Gasteiger partial charge is 0.0723 e. The van der Waals surface area contributed by atoms with E-state index in [0.717, 1.165) is 12.5 Å². The minimum absolute atomic E-state index is 0.350. The predicted molar refractivity (Wildman–Crippen MR) is 86.9 cm³/mol. The van der Waals surface area contributed by atoms with E-state index in [9.17, 15) is 0 Å². The van der Waals surface area contributed by atoms with Crippen molar-refractivity contribution in [2.24, 2.45) is 22.5 Å². The molecule has 0 aromatic heterocycles. The lowest BCUT2D eigenvalue weighted by Crippen LogP contribution is -2.37. The summed E-state index contributed by atoms with van der Waals surface area (Å²) in [5.74, 6) is 0.841. The van der Waals surface area contributed by atoms with Crippen LogP contribution in [0.5, 0.6) is 0 Å². The number of benzene rings is 1. The molecule has 3 rings (SSSR count). The maximum absolute atomic E-state index is 6.38. The number of fused-ring (bicyclic) bond motifs is 2. The van der Waals surface area contributed by atoms with Crippen molar-refractivity contribution in [1.82, 2.24) is 0 Å². The molecule has 116 valence electrons. The van der Waals surface area contributed by atoms with Crippen LogP contribution in [0, 0.1) is 23.7 Å². The highest BCUT2D eigenvalue weighted by Crippen LogP contribution is 2.66. The fourth-order valence-corrected chi connectivity index (χ4v) is 4.62. The summed E-state index contributed by atoms with van der Waals surface area (Å²) >= 11 is 0. The Kier molecular flexibility index (Phi) is 3.66. The molecule has 3 unspecified atom stereocenters. The molecule has 2 nitrogen and oxygen atoms in total. The van der Waals surface area contributed by atoms with E-state index in [4.69, 9.17) is 10.5 Å². The van der Waals surface area contributed by atoms with Gasteiger partial charge < -0.3 is 10.5 Å². The Morgan fingerprint density at radius 2 is 2.05 bits per heavy atom. The van der Waals surface area contributed by atoms with Crippen LogP contribution >= 0.6 is 0 Å². The summed E-state index contributed by atoms with van der Waals surface area (Å²) in [7, 11) is 0.